The van der Waals surface area contributed by atoms with Gasteiger partial charge in [0.1, 0.15) is 0 Å². The minimum atomic E-state index is -3.30. The Bertz CT molecular complexity index is 955. The Morgan fingerprint density at radius 1 is 1.08 bits per heavy atom. The second kappa shape index (κ2) is 7.47. The lowest BCUT2D eigenvalue weighted by atomic mass is 10.2. The number of halogens is 1. The quantitative estimate of drug-likeness (QED) is 0.633. The van der Waals surface area contributed by atoms with Crippen LogP contribution in [-0.2, 0) is 15.8 Å². The molecule has 0 atom stereocenters. The summed E-state index contributed by atoms with van der Waals surface area (Å²) in [6.45, 7) is 0. The number of nitrogens with one attached hydrogen (secondary N) is 1. The van der Waals surface area contributed by atoms with E-state index in [4.69, 9.17) is 16.0 Å². The van der Waals surface area contributed by atoms with Crippen LogP contribution in [-0.4, -0.2) is 24.9 Å². The van der Waals surface area contributed by atoms with E-state index in [1.54, 1.807) is 24.3 Å². The summed E-state index contributed by atoms with van der Waals surface area (Å²) >= 11 is 7.29. The number of nitrogens with zero attached hydrogens (tertiary/aromatic N) is 2. The molecule has 3 aromatic rings. The summed E-state index contributed by atoms with van der Waals surface area (Å²) in [5.74, 6) is 1.07. The molecule has 0 unspecified atom stereocenters. The van der Waals surface area contributed by atoms with Gasteiger partial charge >= 0.3 is 0 Å². The van der Waals surface area contributed by atoms with E-state index in [2.05, 4.69) is 14.9 Å². The molecule has 6 nitrogen and oxygen atoms in total. The van der Waals surface area contributed by atoms with Gasteiger partial charge in [0.25, 0.3) is 5.22 Å². The molecule has 0 saturated carbocycles. The molecule has 1 aromatic heterocycles. The normalized spacial score (nSPS) is 11.4. The molecular weight excluding hydrogens is 382 g/mol. The molecule has 0 aliphatic rings. The van der Waals surface area contributed by atoms with Gasteiger partial charge in [-0.15, -0.1) is 10.2 Å². The molecular formula is C16H14ClN3O3S2. The van der Waals surface area contributed by atoms with Crippen molar-refractivity contribution >= 4 is 39.1 Å². The van der Waals surface area contributed by atoms with Gasteiger partial charge in [0.05, 0.1) is 6.26 Å². The largest absolute Gasteiger partial charge is 0.411 e. The fraction of sp³-hybridized carbons (Fsp3) is 0.125. The third-order valence-corrected chi connectivity index (χ3v) is 4.87. The SMILES string of the molecule is CS(=O)(=O)Nc1ccc(-c2nnc(SCc3ccc(Cl)cc3)o2)cc1. The van der Waals surface area contributed by atoms with Crippen LogP contribution in [0, 0.1) is 0 Å². The molecule has 0 spiro atoms. The van der Waals surface area contributed by atoms with Crippen molar-refractivity contribution in [1.82, 2.24) is 10.2 Å². The van der Waals surface area contributed by atoms with Crippen molar-refractivity contribution in [2.45, 2.75) is 11.0 Å². The van der Waals surface area contributed by atoms with Crippen molar-refractivity contribution in [3.8, 4) is 11.5 Å². The minimum Gasteiger partial charge on any atom is -0.411 e. The molecule has 0 radical (unpaired) electrons. The van der Waals surface area contributed by atoms with Gasteiger partial charge in [-0.3, -0.25) is 4.72 Å². The van der Waals surface area contributed by atoms with Crippen molar-refractivity contribution < 1.29 is 12.8 Å². The highest BCUT2D eigenvalue weighted by molar-refractivity contribution is 7.98. The number of anilines is 1. The predicted octanol–water partition coefficient (Wildman–Crippen LogP) is 4.05. The summed E-state index contributed by atoms with van der Waals surface area (Å²) in [6, 6.07) is 14.3. The number of hydrogen-bond donors (Lipinski definition) is 1. The van der Waals surface area contributed by atoms with Gasteiger partial charge in [-0.05, 0) is 42.0 Å². The van der Waals surface area contributed by atoms with Gasteiger partial charge in [-0.2, -0.15) is 0 Å². The lowest BCUT2D eigenvalue weighted by Crippen LogP contribution is -2.09. The fourth-order valence-electron chi connectivity index (χ4n) is 2.01. The average molecular weight is 396 g/mol. The fourth-order valence-corrected chi connectivity index (χ4v) is 3.41. The van der Waals surface area contributed by atoms with Crippen LogP contribution in [0.15, 0.2) is 58.2 Å². The molecule has 0 saturated heterocycles. The zero-order chi connectivity index (χ0) is 17.9. The Kier molecular flexibility index (Phi) is 5.31. The highest BCUT2D eigenvalue weighted by Gasteiger charge is 2.10. The maximum Gasteiger partial charge on any atom is 0.277 e. The topological polar surface area (TPSA) is 85.1 Å². The molecule has 3 rings (SSSR count). The third-order valence-electron chi connectivity index (χ3n) is 3.12. The molecule has 2 aromatic carbocycles. The first-order chi connectivity index (χ1) is 11.9. The number of hydrogen-bond acceptors (Lipinski definition) is 6. The monoisotopic (exact) mass is 395 g/mol. The van der Waals surface area contributed by atoms with E-state index in [9.17, 15) is 8.42 Å². The van der Waals surface area contributed by atoms with Crippen molar-refractivity contribution in [3.63, 3.8) is 0 Å². The summed E-state index contributed by atoms with van der Waals surface area (Å²) in [5, 5.41) is 9.19. The number of sulfonamides is 1. The van der Waals surface area contributed by atoms with Crippen LogP contribution in [0.25, 0.3) is 11.5 Å². The highest BCUT2D eigenvalue weighted by atomic mass is 35.5. The maximum atomic E-state index is 11.2. The van der Waals surface area contributed by atoms with Crippen LogP contribution < -0.4 is 4.72 Å². The smallest absolute Gasteiger partial charge is 0.277 e. The van der Waals surface area contributed by atoms with E-state index >= 15 is 0 Å². The summed E-state index contributed by atoms with van der Waals surface area (Å²) in [5.41, 5.74) is 2.29. The first-order valence-electron chi connectivity index (χ1n) is 7.18. The molecule has 25 heavy (non-hydrogen) atoms. The molecule has 0 aliphatic heterocycles. The Hall–Kier alpha value is -2.03. The number of rotatable bonds is 6. The molecule has 130 valence electrons. The van der Waals surface area contributed by atoms with Gasteiger partial charge in [-0.25, -0.2) is 8.42 Å². The van der Waals surface area contributed by atoms with Crippen LogP contribution in [0.2, 0.25) is 5.02 Å². The lowest BCUT2D eigenvalue weighted by Gasteiger charge is -2.03. The third kappa shape index (κ3) is 5.22. The van der Waals surface area contributed by atoms with Crippen molar-refractivity contribution in [2.75, 3.05) is 11.0 Å². The Morgan fingerprint density at radius 3 is 2.40 bits per heavy atom. The van der Waals surface area contributed by atoms with Crippen LogP contribution >= 0.6 is 23.4 Å². The zero-order valence-electron chi connectivity index (χ0n) is 13.1. The van der Waals surface area contributed by atoms with E-state index in [1.807, 2.05) is 24.3 Å². The van der Waals surface area contributed by atoms with E-state index in [0.29, 0.717) is 33.1 Å². The van der Waals surface area contributed by atoms with E-state index in [-0.39, 0.29) is 0 Å². The van der Waals surface area contributed by atoms with E-state index in [0.717, 1.165) is 11.8 Å². The average Bonchev–Trinajstić information content (AvgIpc) is 3.02. The lowest BCUT2D eigenvalue weighted by molar-refractivity contribution is 0.466. The van der Waals surface area contributed by atoms with Gasteiger partial charge < -0.3 is 4.42 Å². The van der Waals surface area contributed by atoms with Gasteiger partial charge in [-0.1, -0.05) is 35.5 Å². The minimum absolute atomic E-state index is 0.379. The van der Waals surface area contributed by atoms with Crippen LogP contribution in [0.4, 0.5) is 5.69 Å². The Labute approximate surface area is 154 Å². The highest BCUT2D eigenvalue weighted by Crippen LogP contribution is 2.27. The number of benzene rings is 2. The predicted molar refractivity (Wildman–Crippen MR) is 99.2 cm³/mol. The van der Waals surface area contributed by atoms with Crippen molar-refractivity contribution in [2.24, 2.45) is 0 Å². The van der Waals surface area contributed by atoms with Crippen LogP contribution in [0.1, 0.15) is 5.56 Å². The molecule has 0 aliphatic carbocycles. The van der Waals surface area contributed by atoms with Crippen molar-refractivity contribution in [1.29, 1.82) is 0 Å². The standard InChI is InChI=1S/C16H14ClN3O3S2/c1-25(21,22)20-14-8-4-12(5-9-14)15-18-19-16(23-15)24-10-11-2-6-13(17)7-3-11/h2-9,20H,10H2,1H3. The summed E-state index contributed by atoms with van der Waals surface area (Å²) < 4.78 is 30.4. The molecule has 1 N–H and O–H groups in total. The molecule has 0 bridgehead atoms. The zero-order valence-corrected chi connectivity index (χ0v) is 15.5. The first kappa shape index (κ1) is 17.8. The van der Waals surface area contributed by atoms with Crippen molar-refractivity contribution in [3.05, 3.63) is 59.1 Å². The van der Waals surface area contributed by atoms with E-state index < -0.39 is 10.0 Å². The number of aromatic nitrogens is 2. The van der Waals surface area contributed by atoms with Gasteiger partial charge in [0.2, 0.25) is 15.9 Å². The second-order valence-corrected chi connectivity index (χ2v) is 8.35. The van der Waals surface area contributed by atoms with Gasteiger partial charge in [0, 0.05) is 22.0 Å². The molecule has 0 amide bonds. The van der Waals surface area contributed by atoms with E-state index in [1.165, 1.54) is 11.8 Å². The molecule has 1 heterocycles. The van der Waals surface area contributed by atoms with Crippen LogP contribution in [0.5, 0.6) is 0 Å². The first-order valence-corrected chi connectivity index (χ1v) is 10.4. The van der Waals surface area contributed by atoms with Crippen LogP contribution in [0.3, 0.4) is 0 Å². The molecule has 0 fully saturated rings. The Balaban J connectivity index is 1.65. The summed E-state index contributed by atoms with van der Waals surface area (Å²) in [7, 11) is -3.30. The maximum absolute atomic E-state index is 11.2. The summed E-state index contributed by atoms with van der Waals surface area (Å²) in [6.07, 6.45) is 1.10. The second-order valence-electron chi connectivity index (χ2n) is 5.24. The van der Waals surface area contributed by atoms with Gasteiger partial charge in [0.15, 0.2) is 0 Å². The molecule has 9 heteroatoms. The summed E-state index contributed by atoms with van der Waals surface area (Å²) in [4.78, 5) is 0. The number of thioether (sulfide) groups is 1. The Morgan fingerprint density at radius 2 is 1.76 bits per heavy atom.